The van der Waals surface area contributed by atoms with E-state index in [0.29, 0.717) is 12.0 Å². The molecule has 1 saturated heterocycles. The fraction of sp³-hybridized carbons (Fsp3) is 0.360. The minimum atomic E-state index is -4.08. The zero-order valence-corrected chi connectivity index (χ0v) is 19.5. The number of unbranched alkanes of at least 4 members (excludes halogenated alkanes) is 1. The second-order valence-electron chi connectivity index (χ2n) is 8.24. The van der Waals surface area contributed by atoms with E-state index in [4.69, 9.17) is 4.74 Å². The van der Waals surface area contributed by atoms with E-state index in [1.807, 2.05) is 44.2 Å². The number of sulfonamides is 1. The summed E-state index contributed by atoms with van der Waals surface area (Å²) in [6.45, 7) is 3.80. The third kappa shape index (κ3) is 4.78. The Hall–Kier alpha value is -2.93. The Bertz CT molecular complexity index is 1110. The van der Waals surface area contributed by atoms with Crippen molar-refractivity contribution in [1.82, 2.24) is 4.31 Å². The van der Waals surface area contributed by atoms with E-state index in [1.165, 1.54) is 19.2 Å². The fourth-order valence-electron chi connectivity index (χ4n) is 4.07. The predicted octanol–water partition coefficient (Wildman–Crippen LogP) is 4.35. The largest absolute Gasteiger partial charge is 0.469 e. The summed E-state index contributed by atoms with van der Waals surface area (Å²) < 4.78 is 32.7. The number of ether oxygens (including phenoxy) is 1. The van der Waals surface area contributed by atoms with Gasteiger partial charge in [-0.3, -0.25) is 9.59 Å². The van der Waals surface area contributed by atoms with Crippen molar-refractivity contribution < 1.29 is 22.7 Å². The van der Waals surface area contributed by atoms with Crippen LogP contribution in [0.3, 0.4) is 0 Å². The van der Waals surface area contributed by atoms with Crippen molar-refractivity contribution in [3.8, 4) is 0 Å². The molecule has 1 amide bonds. The summed E-state index contributed by atoms with van der Waals surface area (Å²) in [6.07, 6.45) is 3.75. The predicted molar refractivity (Wildman–Crippen MR) is 123 cm³/mol. The summed E-state index contributed by atoms with van der Waals surface area (Å²) in [5.41, 5.74) is 1.08. The molecule has 1 aliphatic heterocycles. The molecule has 2 aromatic carbocycles. The first-order valence-electron chi connectivity index (χ1n) is 10.7. The Kier molecular flexibility index (Phi) is 7.19. The second kappa shape index (κ2) is 9.69. The number of esters is 1. The molecule has 1 fully saturated rings. The molecule has 1 atom stereocenters. The smallest absolute Gasteiger partial charge is 0.306 e. The summed E-state index contributed by atoms with van der Waals surface area (Å²) in [4.78, 5) is 26.0. The van der Waals surface area contributed by atoms with Crippen molar-refractivity contribution in [3.63, 3.8) is 0 Å². The highest BCUT2D eigenvalue weighted by Crippen LogP contribution is 2.46. The molecule has 0 saturated carbocycles. The molecule has 0 aromatic heterocycles. The van der Waals surface area contributed by atoms with E-state index in [0.717, 1.165) is 28.3 Å². The average Bonchev–Trinajstić information content (AvgIpc) is 3.05. The molecule has 6 nitrogen and oxygen atoms in total. The third-order valence-corrected chi connectivity index (χ3v) is 7.66. The van der Waals surface area contributed by atoms with Crippen LogP contribution in [0.4, 0.5) is 0 Å². The van der Waals surface area contributed by atoms with Crippen molar-refractivity contribution in [2.24, 2.45) is 5.41 Å². The molecule has 0 bridgehead atoms. The normalized spacial score (nSPS) is 20.0. The minimum Gasteiger partial charge on any atom is -0.469 e. The van der Waals surface area contributed by atoms with Gasteiger partial charge in [0.15, 0.2) is 0 Å². The monoisotopic (exact) mass is 455 g/mol. The summed E-state index contributed by atoms with van der Waals surface area (Å²) in [6, 6.07) is 15.7. The first kappa shape index (κ1) is 23.7. The number of aryl methyl sites for hydroxylation is 1. The van der Waals surface area contributed by atoms with Gasteiger partial charge in [0, 0.05) is 17.5 Å². The number of methoxy groups -OCH3 is 1. The Balaban J connectivity index is 2.14. The molecular weight excluding hydrogens is 426 g/mol. The van der Waals surface area contributed by atoms with Gasteiger partial charge in [-0.2, -0.15) is 0 Å². The molecule has 1 unspecified atom stereocenters. The topological polar surface area (TPSA) is 80.8 Å². The van der Waals surface area contributed by atoms with E-state index in [-0.39, 0.29) is 17.9 Å². The van der Waals surface area contributed by atoms with Gasteiger partial charge in [0.2, 0.25) is 0 Å². The summed E-state index contributed by atoms with van der Waals surface area (Å²) in [5.74, 6) is -1.06. The number of carbonyl (C=O) groups is 2. The standard InChI is InChI=1S/C25H29NO5S/c1-4-5-15-25(17-23(27)31-3)18-26(32(29,30)21-13-11-19(2)12-14-21)24(28)22(25)16-20-9-7-6-8-10-20/h6-14,16H,4-5,15,17-18H2,1-3H3/b22-16+. The molecule has 170 valence electrons. The molecule has 0 aliphatic carbocycles. The van der Waals surface area contributed by atoms with Gasteiger partial charge in [0.05, 0.1) is 18.4 Å². The molecule has 7 heteroatoms. The Morgan fingerprint density at radius 2 is 1.78 bits per heavy atom. The minimum absolute atomic E-state index is 0.0554. The molecular formula is C25H29NO5S. The van der Waals surface area contributed by atoms with Crippen molar-refractivity contribution >= 4 is 28.0 Å². The van der Waals surface area contributed by atoms with Crippen LogP contribution >= 0.6 is 0 Å². The molecule has 0 spiro atoms. The fourth-order valence-corrected chi connectivity index (χ4v) is 5.54. The third-order valence-electron chi connectivity index (χ3n) is 5.91. The van der Waals surface area contributed by atoms with Crippen LogP contribution in [0.15, 0.2) is 65.1 Å². The van der Waals surface area contributed by atoms with Gasteiger partial charge in [-0.15, -0.1) is 0 Å². The van der Waals surface area contributed by atoms with Crippen LogP contribution in [0, 0.1) is 12.3 Å². The van der Waals surface area contributed by atoms with Crippen LogP contribution in [-0.4, -0.2) is 38.3 Å². The number of carbonyl (C=O) groups excluding carboxylic acids is 2. The van der Waals surface area contributed by atoms with Crippen LogP contribution in [-0.2, 0) is 24.3 Å². The molecule has 3 rings (SSSR count). The highest BCUT2D eigenvalue weighted by Gasteiger charge is 2.52. The summed E-state index contributed by atoms with van der Waals surface area (Å²) >= 11 is 0. The number of rotatable bonds is 8. The van der Waals surface area contributed by atoms with Gasteiger partial charge in [-0.1, -0.05) is 67.8 Å². The van der Waals surface area contributed by atoms with Gasteiger partial charge in [-0.05, 0) is 37.1 Å². The maximum Gasteiger partial charge on any atom is 0.306 e. The Labute approximate surface area is 189 Å². The van der Waals surface area contributed by atoms with E-state index in [2.05, 4.69) is 0 Å². The highest BCUT2D eigenvalue weighted by molar-refractivity contribution is 7.89. The molecule has 32 heavy (non-hydrogen) atoms. The van der Waals surface area contributed by atoms with E-state index in [1.54, 1.807) is 18.2 Å². The highest BCUT2D eigenvalue weighted by atomic mass is 32.2. The lowest BCUT2D eigenvalue weighted by molar-refractivity contribution is -0.142. The van der Waals surface area contributed by atoms with Gasteiger partial charge in [0.1, 0.15) is 0 Å². The maximum absolute atomic E-state index is 13.6. The number of benzene rings is 2. The van der Waals surface area contributed by atoms with Crippen molar-refractivity contribution in [1.29, 1.82) is 0 Å². The van der Waals surface area contributed by atoms with Crippen LogP contribution in [0.2, 0.25) is 0 Å². The van der Waals surface area contributed by atoms with Gasteiger partial charge < -0.3 is 4.74 Å². The molecule has 1 heterocycles. The van der Waals surface area contributed by atoms with Crippen LogP contribution in [0.1, 0.15) is 43.7 Å². The first-order valence-corrected chi connectivity index (χ1v) is 12.2. The van der Waals surface area contributed by atoms with Crippen molar-refractivity contribution in [2.75, 3.05) is 13.7 Å². The Morgan fingerprint density at radius 3 is 2.38 bits per heavy atom. The number of hydrogen-bond donors (Lipinski definition) is 0. The van der Waals surface area contributed by atoms with Crippen LogP contribution in [0.5, 0.6) is 0 Å². The number of amides is 1. The SMILES string of the molecule is CCCCC1(CC(=O)OC)CN(S(=O)(=O)c2ccc(C)cc2)C(=O)/C1=C\c1ccccc1. The van der Waals surface area contributed by atoms with Crippen LogP contribution < -0.4 is 0 Å². The summed E-state index contributed by atoms with van der Waals surface area (Å²) in [5, 5.41) is 0. The Morgan fingerprint density at radius 1 is 1.12 bits per heavy atom. The van der Waals surface area contributed by atoms with Gasteiger partial charge in [0.25, 0.3) is 15.9 Å². The van der Waals surface area contributed by atoms with Crippen molar-refractivity contribution in [2.45, 2.75) is 44.4 Å². The van der Waals surface area contributed by atoms with Gasteiger partial charge in [-0.25, -0.2) is 12.7 Å². The summed E-state index contributed by atoms with van der Waals surface area (Å²) in [7, 11) is -2.78. The lowest BCUT2D eigenvalue weighted by Gasteiger charge is -2.28. The first-order chi connectivity index (χ1) is 15.2. The molecule has 2 aromatic rings. The lowest BCUT2D eigenvalue weighted by atomic mass is 9.74. The van der Waals surface area contributed by atoms with E-state index >= 15 is 0 Å². The van der Waals surface area contributed by atoms with Crippen molar-refractivity contribution in [3.05, 3.63) is 71.3 Å². The average molecular weight is 456 g/mol. The van der Waals surface area contributed by atoms with E-state index in [9.17, 15) is 18.0 Å². The second-order valence-corrected chi connectivity index (χ2v) is 10.1. The lowest BCUT2D eigenvalue weighted by Crippen LogP contribution is -2.35. The molecule has 0 N–H and O–H groups in total. The number of hydrogen-bond acceptors (Lipinski definition) is 5. The number of nitrogens with zero attached hydrogens (tertiary/aromatic N) is 1. The molecule has 0 radical (unpaired) electrons. The maximum atomic E-state index is 13.6. The van der Waals surface area contributed by atoms with Gasteiger partial charge >= 0.3 is 5.97 Å². The zero-order valence-electron chi connectivity index (χ0n) is 18.7. The zero-order chi connectivity index (χ0) is 23.4. The van der Waals surface area contributed by atoms with Crippen LogP contribution in [0.25, 0.3) is 6.08 Å². The quantitative estimate of drug-likeness (QED) is 0.437. The van der Waals surface area contributed by atoms with E-state index < -0.39 is 27.3 Å². The molecule has 1 aliphatic rings.